The summed E-state index contributed by atoms with van der Waals surface area (Å²) in [6.45, 7) is 12.9. The average Bonchev–Trinajstić information content (AvgIpc) is 3.65. The van der Waals surface area contributed by atoms with Crippen LogP contribution in [0.2, 0.25) is 0 Å². The van der Waals surface area contributed by atoms with Gasteiger partial charge in [-0.3, -0.25) is 4.90 Å². The summed E-state index contributed by atoms with van der Waals surface area (Å²) < 4.78 is 5.58. The highest BCUT2D eigenvalue weighted by molar-refractivity contribution is 7.15. The predicted octanol–water partition coefficient (Wildman–Crippen LogP) is 4.87. The van der Waals surface area contributed by atoms with Gasteiger partial charge in [0.1, 0.15) is 5.82 Å². The molecular formula is C32H42N8O2S. The maximum absolute atomic E-state index is 9.98. The fourth-order valence-corrected chi connectivity index (χ4v) is 7.11. The number of pyridine rings is 1. The number of thiazole rings is 1. The minimum absolute atomic E-state index is 0.178. The smallest absolute Gasteiger partial charge is 0.216 e. The highest BCUT2D eigenvalue weighted by Gasteiger charge is 2.28. The van der Waals surface area contributed by atoms with Crippen molar-refractivity contribution in [1.29, 1.82) is 0 Å². The molecule has 1 aromatic carbocycles. The molecule has 10 nitrogen and oxygen atoms in total. The van der Waals surface area contributed by atoms with Crippen LogP contribution in [-0.4, -0.2) is 78.6 Å². The number of aryl methyl sites for hydroxylation is 2. The SMILES string of the molecule is Cc1cccc(C)c1-n1nnc(-c2cnc(CC(C)(C)c3cc(CN4CCOCC4)cc(N[C@H]4CC[C@H](O)CC4)n3)s2)n1. The zero-order valence-corrected chi connectivity index (χ0v) is 26.4. The first kappa shape index (κ1) is 29.8. The molecule has 1 aliphatic carbocycles. The third kappa shape index (κ3) is 7.12. The van der Waals surface area contributed by atoms with E-state index in [9.17, 15) is 5.11 Å². The van der Waals surface area contributed by atoms with Crippen molar-refractivity contribution in [1.82, 2.24) is 35.1 Å². The third-order valence-electron chi connectivity index (χ3n) is 8.56. The molecule has 2 fully saturated rings. The lowest BCUT2D eigenvalue weighted by Crippen LogP contribution is -2.36. The molecule has 0 unspecified atom stereocenters. The number of aliphatic hydroxyl groups excluding tert-OH is 1. The van der Waals surface area contributed by atoms with Crippen molar-refractivity contribution in [2.75, 3.05) is 31.6 Å². The van der Waals surface area contributed by atoms with Gasteiger partial charge in [-0.15, -0.1) is 26.3 Å². The first-order valence-electron chi connectivity index (χ1n) is 15.3. The molecule has 1 aliphatic heterocycles. The van der Waals surface area contributed by atoms with Crippen molar-refractivity contribution in [3.8, 4) is 16.4 Å². The molecule has 6 rings (SSSR count). The van der Waals surface area contributed by atoms with Crippen LogP contribution in [0.25, 0.3) is 16.4 Å². The normalized spacial score (nSPS) is 19.9. The lowest BCUT2D eigenvalue weighted by atomic mass is 9.84. The van der Waals surface area contributed by atoms with Crippen LogP contribution in [0.4, 0.5) is 5.82 Å². The Balaban J connectivity index is 1.22. The van der Waals surface area contributed by atoms with Gasteiger partial charge in [0.25, 0.3) is 0 Å². The summed E-state index contributed by atoms with van der Waals surface area (Å²) in [5.74, 6) is 1.50. The Bertz CT molecular complexity index is 1520. The summed E-state index contributed by atoms with van der Waals surface area (Å²) in [6.07, 6.45) is 6.01. The fraction of sp³-hybridized carbons (Fsp3) is 0.531. The number of benzene rings is 1. The molecule has 228 valence electrons. The van der Waals surface area contributed by atoms with Crippen molar-refractivity contribution in [2.24, 2.45) is 0 Å². The van der Waals surface area contributed by atoms with Crippen molar-refractivity contribution in [3.05, 3.63) is 63.9 Å². The summed E-state index contributed by atoms with van der Waals surface area (Å²) in [5, 5.41) is 28.1. The lowest BCUT2D eigenvalue weighted by molar-refractivity contribution is 0.0341. The number of hydrogen-bond donors (Lipinski definition) is 2. The maximum atomic E-state index is 9.98. The number of para-hydroxylation sites is 1. The summed E-state index contributed by atoms with van der Waals surface area (Å²) >= 11 is 1.61. The second-order valence-electron chi connectivity index (χ2n) is 12.6. The number of anilines is 1. The van der Waals surface area contributed by atoms with Gasteiger partial charge in [-0.2, -0.15) is 0 Å². The lowest BCUT2D eigenvalue weighted by Gasteiger charge is -2.30. The topological polar surface area (TPSA) is 114 Å². The molecule has 43 heavy (non-hydrogen) atoms. The summed E-state index contributed by atoms with van der Waals surface area (Å²) in [7, 11) is 0. The van der Waals surface area contributed by atoms with E-state index in [1.807, 2.05) is 12.3 Å². The highest BCUT2D eigenvalue weighted by Crippen LogP contribution is 2.33. The minimum Gasteiger partial charge on any atom is -0.393 e. The Labute approximate surface area is 257 Å². The van der Waals surface area contributed by atoms with Crippen LogP contribution in [0.15, 0.2) is 36.5 Å². The summed E-state index contributed by atoms with van der Waals surface area (Å²) in [5.41, 5.74) is 5.23. The van der Waals surface area contributed by atoms with Crippen LogP contribution >= 0.6 is 11.3 Å². The van der Waals surface area contributed by atoms with Gasteiger partial charge in [-0.05, 0) is 73.6 Å². The molecule has 2 aliphatic rings. The Hall–Kier alpha value is -3.25. The Morgan fingerprint density at radius 3 is 2.56 bits per heavy atom. The molecule has 3 aromatic heterocycles. The molecule has 4 heterocycles. The minimum atomic E-state index is -0.251. The van der Waals surface area contributed by atoms with Crippen molar-refractivity contribution < 1.29 is 9.84 Å². The number of nitrogens with zero attached hydrogens (tertiary/aromatic N) is 7. The molecule has 0 spiro atoms. The Morgan fingerprint density at radius 2 is 1.81 bits per heavy atom. The van der Waals surface area contributed by atoms with Crippen LogP contribution in [-0.2, 0) is 23.1 Å². The van der Waals surface area contributed by atoms with Crippen molar-refractivity contribution in [3.63, 3.8) is 0 Å². The quantitative estimate of drug-likeness (QED) is 0.277. The van der Waals surface area contributed by atoms with Gasteiger partial charge >= 0.3 is 0 Å². The molecule has 0 radical (unpaired) electrons. The molecule has 1 saturated heterocycles. The first-order valence-corrected chi connectivity index (χ1v) is 16.1. The van der Waals surface area contributed by atoms with Crippen molar-refractivity contribution in [2.45, 2.75) is 83.9 Å². The van der Waals surface area contributed by atoms with E-state index in [-0.39, 0.29) is 11.5 Å². The third-order valence-corrected chi connectivity index (χ3v) is 9.55. The maximum Gasteiger partial charge on any atom is 0.216 e. The second kappa shape index (κ2) is 12.8. The number of aromatic nitrogens is 6. The largest absolute Gasteiger partial charge is 0.393 e. The molecule has 0 bridgehead atoms. The van der Waals surface area contributed by atoms with E-state index in [0.29, 0.717) is 11.9 Å². The van der Waals surface area contributed by atoms with Crippen LogP contribution in [0, 0.1) is 13.8 Å². The van der Waals surface area contributed by atoms with E-state index in [1.165, 1.54) is 5.56 Å². The van der Waals surface area contributed by atoms with E-state index in [2.05, 4.69) is 72.5 Å². The van der Waals surface area contributed by atoms with Gasteiger partial charge in [0.2, 0.25) is 5.82 Å². The first-order chi connectivity index (χ1) is 20.7. The van der Waals surface area contributed by atoms with Crippen LogP contribution in [0.1, 0.15) is 66.9 Å². The molecular weight excluding hydrogens is 560 g/mol. The molecule has 4 aromatic rings. The van der Waals surface area contributed by atoms with Gasteiger partial charge in [-0.25, -0.2) is 9.97 Å². The Kier molecular flexibility index (Phi) is 8.85. The van der Waals surface area contributed by atoms with E-state index in [0.717, 1.165) is 103 Å². The summed E-state index contributed by atoms with van der Waals surface area (Å²) in [6, 6.07) is 10.9. The van der Waals surface area contributed by atoms with Gasteiger partial charge in [0.15, 0.2) is 0 Å². The average molecular weight is 603 g/mol. The number of morpholine rings is 1. The number of nitrogens with one attached hydrogen (secondary N) is 1. The number of aliphatic hydroxyl groups is 1. The predicted molar refractivity (Wildman–Crippen MR) is 169 cm³/mol. The zero-order chi connectivity index (χ0) is 30.0. The van der Waals surface area contributed by atoms with Gasteiger partial charge in [-0.1, -0.05) is 32.0 Å². The fourth-order valence-electron chi connectivity index (χ4n) is 6.04. The van der Waals surface area contributed by atoms with E-state index < -0.39 is 0 Å². The van der Waals surface area contributed by atoms with Gasteiger partial charge in [0.05, 0.1) is 34.9 Å². The number of ether oxygens (including phenoxy) is 1. The molecule has 0 amide bonds. The molecule has 11 heteroatoms. The second-order valence-corrected chi connectivity index (χ2v) is 13.7. The molecule has 2 N–H and O–H groups in total. The van der Waals surface area contributed by atoms with Crippen LogP contribution in [0.3, 0.4) is 0 Å². The standard InChI is InChI=1S/C32H42N8O2S/c1-21-6-5-7-22(2)30(21)40-37-31(36-38-40)26-19-33-29(43-26)18-32(3,4)27-16-23(20-39-12-14-42-15-13-39)17-28(35-27)34-24-8-10-25(41)11-9-24/h5-7,16-17,19,24-25,41H,8-15,18,20H2,1-4H3,(H,34,35)/t24-,25-. The highest BCUT2D eigenvalue weighted by atomic mass is 32.1. The zero-order valence-electron chi connectivity index (χ0n) is 25.6. The summed E-state index contributed by atoms with van der Waals surface area (Å²) in [4.78, 5) is 14.9. The monoisotopic (exact) mass is 602 g/mol. The number of rotatable bonds is 9. The Morgan fingerprint density at radius 1 is 1.07 bits per heavy atom. The van der Waals surface area contributed by atoms with Crippen LogP contribution in [0.5, 0.6) is 0 Å². The molecule has 0 atom stereocenters. The molecule has 1 saturated carbocycles. The van der Waals surface area contributed by atoms with Gasteiger partial charge in [0, 0.05) is 49.4 Å². The number of hydrogen-bond acceptors (Lipinski definition) is 10. The van der Waals surface area contributed by atoms with E-state index in [1.54, 1.807) is 16.1 Å². The van der Waals surface area contributed by atoms with E-state index in [4.69, 9.17) is 19.8 Å². The number of tetrazole rings is 1. The van der Waals surface area contributed by atoms with Crippen molar-refractivity contribution >= 4 is 17.2 Å². The van der Waals surface area contributed by atoms with Crippen LogP contribution < -0.4 is 5.32 Å². The van der Waals surface area contributed by atoms with Gasteiger partial charge < -0.3 is 15.2 Å². The van der Waals surface area contributed by atoms with E-state index >= 15 is 0 Å².